The van der Waals surface area contributed by atoms with E-state index in [-0.39, 0.29) is 18.9 Å². The van der Waals surface area contributed by atoms with E-state index < -0.39 is 107 Å². The number of rotatable bonds is 15. The van der Waals surface area contributed by atoms with Gasteiger partial charge in [-0.05, 0) is 70.8 Å². The standard InChI is InChI=1S/C41H57F3N6O9/c1-39(2)20-26-28(58-39)22-50(37(56)31(25-15-11-8-12-16-25)48-38(57)59-40(3,4)41(42,43)44)32(26)34(53)46-27(19-23-17-18-23)33(52)35(54)45-21-29(51)47-30(36(55)49(5)6)24-13-9-7-10-14-24/h7,9-10,13-14,23,25-28,30-32H,8,11-12,15-22H2,1-6H3,(H,45,54)(H,46,53)(H,47,51)(H,48,57)/t26-,27?,28-,30?,31-,32?/m0/s1. The number of amides is 6. The van der Waals surface area contributed by atoms with Crippen LogP contribution in [-0.4, -0.2) is 120 Å². The number of ketones is 1. The second-order valence-electron chi connectivity index (χ2n) is 17.6. The monoisotopic (exact) mass is 834 g/mol. The Morgan fingerprint density at radius 3 is 2.17 bits per heavy atom. The SMILES string of the molecule is CN(C)C(=O)C(NC(=O)CNC(=O)C(=O)C(CC1CC1)NC(=O)C1[C@H]2CC(C)(C)O[C@H]2CN1C(=O)[C@@H](NC(=O)OC(C)(C)C(F)(F)F)C1CCCCC1)c1ccccc1. The highest BCUT2D eigenvalue weighted by Gasteiger charge is 2.57. The molecule has 0 spiro atoms. The molecule has 1 aromatic rings. The summed E-state index contributed by atoms with van der Waals surface area (Å²) in [5.41, 5.74) is -3.01. The molecule has 4 N–H and O–H groups in total. The van der Waals surface area contributed by atoms with Gasteiger partial charge >= 0.3 is 12.3 Å². The third-order valence-electron chi connectivity index (χ3n) is 11.7. The molecule has 326 valence electrons. The van der Waals surface area contributed by atoms with Crippen molar-refractivity contribution in [3.05, 3.63) is 35.9 Å². The molecule has 2 saturated carbocycles. The molecule has 1 aromatic carbocycles. The van der Waals surface area contributed by atoms with Crippen molar-refractivity contribution in [2.24, 2.45) is 17.8 Å². The summed E-state index contributed by atoms with van der Waals surface area (Å²) in [6.45, 7) is 4.39. The lowest BCUT2D eigenvalue weighted by molar-refractivity contribution is -0.244. The minimum Gasteiger partial charge on any atom is -0.434 e. The molecule has 2 saturated heterocycles. The van der Waals surface area contributed by atoms with Crippen LogP contribution in [0.25, 0.3) is 0 Å². The molecular weight excluding hydrogens is 777 g/mol. The summed E-state index contributed by atoms with van der Waals surface area (Å²) in [4.78, 5) is 97.5. The number of likely N-dealkylation sites (tertiary alicyclic amines) is 1. The lowest BCUT2D eigenvalue weighted by Gasteiger charge is -2.36. The van der Waals surface area contributed by atoms with Crippen LogP contribution < -0.4 is 21.3 Å². The minimum atomic E-state index is -4.88. The molecule has 2 aliphatic heterocycles. The third kappa shape index (κ3) is 11.3. The quantitative estimate of drug-likeness (QED) is 0.192. The first-order valence-corrected chi connectivity index (χ1v) is 20.3. The summed E-state index contributed by atoms with van der Waals surface area (Å²) < 4.78 is 51.9. The molecule has 4 aliphatic rings. The van der Waals surface area contributed by atoms with Crippen LogP contribution in [0.15, 0.2) is 30.3 Å². The fourth-order valence-electron chi connectivity index (χ4n) is 8.29. The first-order valence-electron chi connectivity index (χ1n) is 20.3. The highest BCUT2D eigenvalue weighted by atomic mass is 19.4. The molecular formula is C41H57F3N6O9. The summed E-state index contributed by atoms with van der Waals surface area (Å²) >= 11 is 0. The van der Waals surface area contributed by atoms with Crippen LogP contribution in [0.1, 0.15) is 97.1 Å². The highest BCUT2D eigenvalue weighted by molar-refractivity contribution is 6.38. The van der Waals surface area contributed by atoms with E-state index >= 15 is 0 Å². The van der Waals surface area contributed by atoms with E-state index in [4.69, 9.17) is 9.47 Å². The fourth-order valence-corrected chi connectivity index (χ4v) is 8.29. The Morgan fingerprint density at radius 1 is 0.932 bits per heavy atom. The van der Waals surface area contributed by atoms with Gasteiger partial charge in [-0.15, -0.1) is 0 Å². The van der Waals surface area contributed by atoms with Gasteiger partial charge in [0.05, 0.1) is 24.3 Å². The fraction of sp³-hybridized carbons (Fsp3) is 0.683. The first-order chi connectivity index (χ1) is 27.6. The van der Waals surface area contributed by atoms with E-state index in [1.54, 1.807) is 30.3 Å². The predicted octanol–water partition coefficient (Wildman–Crippen LogP) is 3.31. The molecule has 4 fully saturated rings. The predicted molar refractivity (Wildman–Crippen MR) is 206 cm³/mol. The Balaban J connectivity index is 1.32. The average molecular weight is 835 g/mol. The number of Topliss-reactive ketones (excluding diaryl/α,β-unsaturated/α-hetero) is 1. The minimum absolute atomic E-state index is 0.0404. The van der Waals surface area contributed by atoms with E-state index in [2.05, 4.69) is 21.3 Å². The topological polar surface area (TPSA) is 193 Å². The number of carbonyl (C=O) groups is 7. The van der Waals surface area contributed by atoms with Gasteiger partial charge in [-0.3, -0.25) is 28.8 Å². The van der Waals surface area contributed by atoms with Crippen molar-refractivity contribution in [2.45, 2.75) is 133 Å². The number of ether oxygens (including phenoxy) is 2. The van der Waals surface area contributed by atoms with Crippen molar-refractivity contribution in [1.29, 1.82) is 0 Å². The van der Waals surface area contributed by atoms with Crippen LogP contribution >= 0.6 is 0 Å². The molecule has 5 rings (SSSR count). The second kappa shape index (κ2) is 18.3. The zero-order valence-electron chi connectivity index (χ0n) is 34.5. The van der Waals surface area contributed by atoms with E-state index in [1.165, 1.54) is 23.9 Å². The number of benzene rings is 1. The highest BCUT2D eigenvalue weighted by Crippen LogP contribution is 2.44. The number of carbonyl (C=O) groups excluding carboxylic acids is 7. The van der Waals surface area contributed by atoms with Gasteiger partial charge in [-0.25, -0.2) is 4.79 Å². The lowest BCUT2D eigenvalue weighted by atomic mass is 9.83. The maximum Gasteiger partial charge on any atom is 0.427 e. The molecule has 0 aromatic heterocycles. The smallest absolute Gasteiger partial charge is 0.427 e. The van der Waals surface area contributed by atoms with E-state index in [9.17, 15) is 46.7 Å². The number of fused-ring (bicyclic) bond motifs is 1. The molecule has 6 amide bonds. The van der Waals surface area contributed by atoms with Crippen LogP contribution in [0.3, 0.4) is 0 Å². The Kier molecular flexibility index (Phi) is 14.0. The van der Waals surface area contributed by atoms with Gasteiger partial charge < -0.3 is 40.5 Å². The van der Waals surface area contributed by atoms with Crippen molar-refractivity contribution in [3.63, 3.8) is 0 Å². The molecule has 2 heterocycles. The van der Waals surface area contributed by atoms with Crippen molar-refractivity contribution < 1.29 is 56.2 Å². The molecule has 15 nitrogen and oxygen atoms in total. The summed E-state index contributed by atoms with van der Waals surface area (Å²) in [5, 5.41) is 10.0. The normalized spacial score (nSPS) is 23.2. The number of likely N-dealkylation sites (N-methyl/N-ethyl adjacent to an activating group) is 1. The Hall–Kier alpha value is -4.74. The number of halogens is 3. The summed E-state index contributed by atoms with van der Waals surface area (Å²) in [6, 6.07) is 3.61. The van der Waals surface area contributed by atoms with Gasteiger partial charge in [0.2, 0.25) is 35.0 Å². The van der Waals surface area contributed by atoms with E-state index in [0.29, 0.717) is 38.7 Å². The van der Waals surface area contributed by atoms with Gasteiger partial charge in [0, 0.05) is 26.6 Å². The number of hydrogen-bond acceptors (Lipinski definition) is 9. The number of alkyl carbamates (subject to hydrolysis) is 1. The van der Waals surface area contributed by atoms with Gasteiger partial charge in [0.15, 0.2) is 0 Å². The number of nitrogens with one attached hydrogen (secondary N) is 4. The van der Waals surface area contributed by atoms with E-state index in [0.717, 1.165) is 32.1 Å². The number of hydrogen-bond donors (Lipinski definition) is 4. The van der Waals surface area contributed by atoms with Crippen molar-refractivity contribution in [2.75, 3.05) is 27.2 Å². The zero-order valence-corrected chi connectivity index (χ0v) is 34.5. The Morgan fingerprint density at radius 2 is 1.58 bits per heavy atom. The number of nitrogens with zero attached hydrogens (tertiary/aromatic N) is 2. The lowest BCUT2D eigenvalue weighted by Crippen LogP contribution is -2.60. The maximum absolute atomic E-state index is 14.6. The molecule has 0 bridgehead atoms. The van der Waals surface area contributed by atoms with E-state index in [1.807, 2.05) is 13.8 Å². The largest absolute Gasteiger partial charge is 0.434 e. The Labute approximate surface area is 342 Å². The van der Waals surface area contributed by atoms with Crippen molar-refractivity contribution in [3.8, 4) is 0 Å². The third-order valence-corrected chi connectivity index (χ3v) is 11.7. The molecule has 59 heavy (non-hydrogen) atoms. The van der Waals surface area contributed by atoms with Gasteiger partial charge in [-0.1, -0.05) is 62.4 Å². The molecule has 2 aliphatic carbocycles. The summed E-state index contributed by atoms with van der Waals surface area (Å²) in [7, 11) is 3.07. The van der Waals surface area contributed by atoms with Gasteiger partial charge in [0.25, 0.3) is 5.91 Å². The van der Waals surface area contributed by atoms with Crippen LogP contribution in [0.2, 0.25) is 0 Å². The van der Waals surface area contributed by atoms with Crippen LogP contribution in [0, 0.1) is 17.8 Å². The molecule has 0 radical (unpaired) electrons. The van der Waals surface area contributed by atoms with Gasteiger partial charge in [0.1, 0.15) is 18.1 Å². The summed E-state index contributed by atoms with van der Waals surface area (Å²) in [5.74, 6) is -5.67. The second-order valence-corrected chi connectivity index (χ2v) is 17.6. The average Bonchev–Trinajstić information content (AvgIpc) is 3.85. The van der Waals surface area contributed by atoms with Crippen molar-refractivity contribution >= 4 is 41.4 Å². The molecule has 18 heteroatoms. The van der Waals surface area contributed by atoms with Crippen LogP contribution in [0.4, 0.5) is 18.0 Å². The van der Waals surface area contributed by atoms with Crippen LogP contribution in [-0.2, 0) is 38.2 Å². The zero-order chi connectivity index (χ0) is 43.4. The maximum atomic E-state index is 14.6. The first kappa shape index (κ1) is 45.3. The Bertz CT molecular complexity index is 1750. The van der Waals surface area contributed by atoms with Crippen molar-refractivity contribution in [1.82, 2.24) is 31.1 Å². The van der Waals surface area contributed by atoms with Crippen LogP contribution in [0.5, 0.6) is 0 Å². The molecule has 6 atom stereocenters. The number of alkyl halides is 3. The molecule has 3 unspecified atom stereocenters. The van der Waals surface area contributed by atoms with Gasteiger partial charge in [-0.2, -0.15) is 13.2 Å². The summed E-state index contributed by atoms with van der Waals surface area (Å²) in [6.07, 6.45) is -1.58.